The van der Waals surface area contributed by atoms with E-state index in [2.05, 4.69) is 9.72 Å². The normalized spacial score (nSPS) is 10.1. The van der Waals surface area contributed by atoms with Gasteiger partial charge in [-0.1, -0.05) is 23.2 Å². The summed E-state index contributed by atoms with van der Waals surface area (Å²) in [6.45, 7) is 0. The van der Waals surface area contributed by atoms with E-state index in [1.54, 1.807) is 36.4 Å². The number of benzene rings is 1. The molecule has 0 spiro atoms. The van der Waals surface area contributed by atoms with Crippen LogP contribution in [-0.4, -0.2) is 18.1 Å². The van der Waals surface area contributed by atoms with Crippen LogP contribution in [0.3, 0.4) is 0 Å². The molecule has 0 fully saturated rings. The number of halogens is 2. The van der Waals surface area contributed by atoms with Gasteiger partial charge < -0.3 is 9.47 Å². The van der Waals surface area contributed by atoms with Gasteiger partial charge in [-0.05, 0) is 24.3 Å². The minimum absolute atomic E-state index is 0.244. The lowest BCUT2D eigenvalue weighted by molar-refractivity contribution is 0.0600. The molecule has 0 atom stereocenters. The molecule has 0 N–H and O–H groups in total. The molecule has 1 aromatic heterocycles. The zero-order valence-electron chi connectivity index (χ0n) is 9.89. The SMILES string of the molecule is COC(=O)c1ccc(Oc2cc(Cl)nc(Cl)c2)cc1. The van der Waals surface area contributed by atoms with Crippen molar-refractivity contribution in [2.24, 2.45) is 0 Å². The fourth-order valence-electron chi connectivity index (χ4n) is 1.41. The number of hydrogen-bond donors (Lipinski definition) is 0. The largest absolute Gasteiger partial charge is 0.465 e. The lowest BCUT2D eigenvalue weighted by Gasteiger charge is -2.07. The van der Waals surface area contributed by atoms with Crippen molar-refractivity contribution >= 4 is 29.2 Å². The van der Waals surface area contributed by atoms with Crippen LogP contribution in [0.15, 0.2) is 36.4 Å². The van der Waals surface area contributed by atoms with Crippen molar-refractivity contribution in [3.63, 3.8) is 0 Å². The maximum absolute atomic E-state index is 11.3. The highest BCUT2D eigenvalue weighted by Crippen LogP contribution is 2.26. The number of nitrogens with zero attached hydrogens (tertiary/aromatic N) is 1. The molecule has 1 heterocycles. The first-order valence-electron chi connectivity index (χ1n) is 5.28. The van der Waals surface area contributed by atoms with Gasteiger partial charge in [0.15, 0.2) is 0 Å². The van der Waals surface area contributed by atoms with E-state index in [0.717, 1.165) is 0 Å². The van der Waals surface area contributed by atoms with Gasteiger partial charge >= 0.3 is 5.97 Å². The number of ether oxygens (including phenoxy) is 2. The molecule has 1 aromatic carbocycles. The molecule has 98 valence electrons. The van der Waals surface area contributed by atoms with Crippen LogP contribution in [0.2, 0.25) is 10.3 Å². The van der Waals surface area contributed by atoms with E-state index in [1.165, 1.54) is 7.11 Å². The summed E-state index contributed by atoms with van der Waals surface area (Å²) in [7, 11) is 1.33. The lowest BCUT2D eigenvalue weighted by atomic mass is 10.2. The van der Waals surface area contributed by atoms with Gasteiger partial charge in [-0.2, -0.15) is 0 Å². The fraction of sp³-hybridized carbons (Fsp3) is 0.0769. The Morgan fingerprint density at radius 3 is 2.16 bits per heavy atom. The van der Waals surface area contributed by atoms with E-state index >= 15 is 0 Å². The van der Waals surface area contributed by atoms with E-state index in [9.17, 15) is 4.79 Å². The van der Waals surface area contributed by atoms with Gasteiger partial charge in [-0.15, -0.1) is 0 Å². The van der Waals surface area contributed by atoms with Crippen LogP contribution in [0, 0.1) is 0 Å². The van der Waals surface area contributed by atoms with Crippen molar-refractivity contribution in [1.82, 2.24) is 4.98 Å². The van der Waals surface area contributed by atoms with Crippen molar-refractivity contribution in [3.05, 3.63) is 52.3 Å². The summed E-state index contributed by atoms with van der Waals surface area (Å²) >= 11 is 11.5. The Labute approximate surface area is 119 Å². The third kappa shape index (κ3) is 3.59. The zero-order chi connectivity index (χ0) is 13.8. The van der Waals surface area contributed by atoms with Crippen LogP contribution >= 0.6 is 23.2 Å². The topological polar surface area (TPSA) is 48.4 Å². The third-order valence-electron chi connectivity index (χ3n) is 2.25. The Morgan fingerprint density at radius 2 is 1.63 bits per heavy atom. The summed E-state index contributed by atoms with van der Waals surface area (Å²) < 4.78 is 10.2. The predicted molar refractivity (Wildman–Crippen MR) is 72.1 cm³/mol. The molecule has 0 unspecified atom stereocenters. The smallest absolute Gasteiger partial charge is 0.337 e. The second-order valence-electron chi connectivity index (χ2n) is 3.57. The highest BCUT2D eigenvalue weighted by Gasteiger charge is 2.06. The lowest BCUT2D eigenvalue weighted by Crippen LogP contribution is -2.00. The molecule has 0 bridgehead atoms. The number of carbonyl (C=O) groups is 1. The van der Waals surface area contributed by atoms with E-state index in [0.29, 0.717) is 17.1 Å². The number of carbonyl (C=O) groups excluding carboxylic acids is 1. The molecule has 0 aliphatic rings. The Hall–Kier alpha value is -1.78. The number of pyridine rings is 1. The third-order valence-corrected chi connectivity index (χ3v) is 2.63. The minimum Gasteiger partial charge on any atom is -0.465 e. The first kappa shape index (κ1) is 13.6. The van der Waals surface area contributed by atoms with Crippen LogP contribution in [0.1, 0.15) is 10.4 Å². The number of rotatable bonds is 3. The summed E-state index contributed by atoms with van der Waals surface area (Å²) in [5.74, 6) is 0.614. The Bertz CT molecular complexity index is 579. The summed E-state index contributed by atoms with van der Waals surface area (Å²) in [4.78, 5) is 15.1. The molecule has 2 aromatic rings. The van der Waals surface area contributed by atoms with Gasteiger partial charge in [-0.25, -0.2) is 9.78 Å². The molecule has 6 heteroatoms. The predicted octanol–water partition coefficient (Wildman–Crippen LogP) is 3.97. The first-order valence-corrected chi connectivity index (χ1v) is 6.03. The Kier molecular flexibility index (Phi) is 4.24. The molecule has 0 saturated heterocycles. The van der Waals surface area contributed by atoms with Crippen molar-refractivity contribution in [2.45, 2.75) is 0 Å². The summed E-state index contributed by atoms with van der Waals surface area (Å²) in [6, 6.07) is 9.59. The van der Waals surface area contributed by atoms with Gasteiger partial charge in [0.1, 0.15) is 21.8 Å². The molecular formula is C13H9Cl2NO3. The average molecular weight is 298 g/mol. The zero-order valence-corrected chi connectivity index (χ0v) is 11.4. The molecule has 2 rings (SSSR count). The quantitative estimate of drug-likeness (QED) is 0.635. The minimum atomic E-state index is -0.401. The van der Waals surface area contributed by atoms with E-state index < -0.39 is 5.97 Å². The molecule has 0 saturated carbocycles. The highest BCUT2D eigenvalue weighted by molar-refractivity contribution is 6.32. The van der Waals surface area contributed by atoms with Crippen LogP contribution < -0.4 is 4.74 Å². The monoisotopic (exact) mass is 297 g/mol. The molecule has 0 radical (unpaired) electrons. The molecule has 19 heavy (non-hydrogen) atoms. The van der Waals surface area contributed by atoms with Crippen LogP contribution in [-0.2, 0) is 4.74 Å². The molecular weight excluding hydrogens is 289 g/mol. The second kappa shape index (κ2) is 5.91. The van der Waals surface area contributed by atoms with Gasteiger partial charge in [0.05, 0.1) is 12.7 Å². The summed E-state index contributed by atoms with van der Waals surface area (Å²) in [6.07, 6.45) is 0. The number of esters is 1. The average Bonchev–Trinajstić information content (AvgIpc) is 2.37. The summed E-state index contributed by atoms with van der Waals surface area (Å²) in [5.41, 5.74) is 0.445. The second-order valence-corrected chi connectivity index (χ2v) is 4.34. The van der Waals surface area contributed by atoms with Gasteiger partial charge in [0.2, 0.25) is 0 Å². The van der Waals surface area contributed by atoms with Crippen molar-refractivity contribution in [3.8, 4) is 11.5 Å². The van der Waals surface area contributed by atoms with Crippen molar-refractivity contribution in [1.29, 1.82) is 0 Å². The molecule has 0 aliphatic carbocycles. The van der Waals surface area contributed by atoms with E-state index in [1.807, 2.05) is 0 Å². The Morgan fingerprint density at radius 1 is 1.05 bits per heavy atom. The van der Waals surface area contributed by atoms with E-state index in [4.69, 9.17) is 27.9 Å². The maximum Gasteiger partial charge on any atom is 0.337 e. The maximum atomic E-state index is 11.3. The highest BCUT2D eigenvalue weighted by atomic mass is 35.5. The van der Waals surface area contributed by atoms with Crippen LogP contribution in [0.4, 0.5) is 0 Å². The first-order chi connectivity index (χ1) is 9.08. The molecule has 0 amide bonds. The van der Waals surface area contributed by atoms with Crippen LogP contribution in [0.25, 0.3) is 0 Å². The molecule has 4 nitrogen and oxygen atoms in total. The Balaban J connectivity index is 2.17. The standard InChI is InChI=1S/C13H9Cl2NO3/c1-18-13(17)8-2-4-9(5-3-8)19-10-6-11(14)16-12(15)7-10/h2-7H,1H3. The van der Waals surface area contributed by atoms with Crippen LogP contribution in [0.5, 0.6) is 11.5 Å². The van der Waals surface area contributed by atoms with Gasteiger partial charge in [0.25, 0.3) is 0 Å². The van der Waals surface area contributed by atoms with Crippen molar-refractivity contribution < 1.29 is 14.3 Å². The number of methoxy groups -OCH3 is 1. The summed E-state index contributed by atoms with van der Waals surface area (Å²) in [5, 5.41) is 0.488. The molecule has 0 aliphatic heterocycles. The fourth-order valence-corrected chi connectivity index (χ4v) is 1.86. The number of hydrogen-bond acceptors (Lipinski definition) is 4. The van der Waals surface area contributed by atoms with Crippen molar-refractivity contribution in [2.75, 3.05) is 7.11 Å². The van der Waals surface area contributed by atoms with Gasteiger partial charge in [-0.3, -0.25) is 0 Å². The number of aromatic nitrogens is 1. The van der Waals surface area contributed by atoms with E-state index in [-0.39, 0.29) is 10.3 Å². The van der Waals surface area contributed by atoms with Gasteiger partial charge in [0, 0.05) is 12.1 Å².